The number of nitrogens with zero attached hydrogens (tertiary/aromatic N) is 2. The molecular formula is C11H20ClN3. The molecule has 0 spiro atoms. The van der Waals surface area contributed by atoms with Crippen molar-refractivity contribution in [3.63, 3.8) is 0 Å². The fourth-order valence-corrected chi connectivity index (χ4v) is 1.67. The van der Waals surface area contributed by atoms with E-state index in [1.807, 2.05) is 17.9 Å². The molecule has 1 rings (SSSR count). The Morgan fingerprint density at radius 1 is 1.33 bits per heavy atom. The summed E-state index contributed by atoms with van der Waals surface area (Å²) < 4.78 is 1.84. The number of unbranched alkanes of at least 4 members (excludes halogenated alkanes) is 2. The molecule has 0 aliphatic rings. The Balaban J connectivity index is 1.93. The van der Waals surface area contributed by atoms with Gasteiger partial charge >= 0.3 is 0 Å². The van der Waals surface area contributed by atoms with Gasteiger partial charge in [-0.05, 0) is 37.9 Å². The van der Waals surface area contributed by atoms with Crippen molar-refractivity contribution in [3.8, 4) is 0 Å². The number of halogens is 1. The summed E-state index contributed by atoms with van der Waals surface area (Å²) in [6, 6.07) is 0. The molecule has 1 aromatic heterocycles. The van der Waals surface area contributed by atoms with Gasteiger partial charge in [-0.25, -0.2) is 0 Å². The molecule has 0 saturated heterocycles. The number of alkyl halides is 1. The lowest BCUT2D eigenvalue weighted by atomic mass is 10.2. The fraction of sp³-hybridized carbons (Fsp3) is 0.727. The minimum atomic E-state index is 0.787. The van der Waals surface area contributed by atoms with Crippen molar-refractivity contribution in [1.82, 2.24) is 15.1 Å². The lowest BCUT2D eigenvalue weighted by molar-refractivity contribution is 0.618. The van der Waals surface area contributed by atoms with E-state index in [9.17, 15) is 0 Å². The Kier molecular flexibility index (Phi) is 6.44. The zero-order valence-corrected chi connectivity index (χ0v) is 10.1. The smallest absolute Gasteiger partial charge is 0.0522 e. The highest BCUT2D eigenvalue weighted by Crippen LogP contribution is 1.97. The van der Waals surface area contributed by atoms with E-state index in [1.54, 1.807) is 0 Å². The average Bonchev–Trinajstić information content (AvgIpc) is 2.63. The molecule has 1 heterocycles. The highest BCUT2D eigenvalue weighted by molar-refractivity contribution is 6.17. The van der Waals surface area contributed by atoms with Gasteiger partial charge in [0.05, 0.1) is 6.20 Å². The molecule has 0 saturated carbocycles. The van der Waals surface area contributed by atoms with Crippen LogP contribution in [0.15, 0.2) is 12.4 Å². The van der Waals surface area contributed by atoms with Gasteiger partial charge in [0.1, 0.15) is 0 Å². The summed E-state index contributed by atoms with van der Waals surface area (Å²) in [6.45, 7) is 2.13. The molecule has 1 N–H and O–H groups in total. The van der Waals surface area contributed by atoms with Gasteiger partial charge in [-0.3, -0.25) is 4.68 Å². The van der Waals surface area contributed by atoms with E-state index in [0.29, 0.717) is 0 Å². The molecule has 86 valence electrons. The normalized spacial score (nSPS) is 10.8. The third-order valence-corrected chi connectivity index (χ3v) is 2.60. The van der Waals surface area contributed by atoms with Crippen molar-refractivity contribution in [2.75, 3.05) is 19.0 Å². The molecule has 0 atom stereocenters. The fourth-order valence-electron chi connectivity index (χ4n) is 1.48. The Morgan fingerprint density at radius 3 is 2.87 bits per heavy atom. The van der Waals surface area contributed by atoms with Crippen LogP contribution in [0.25, 0.3) is 0 Å². The van der Waals surface area contributed by atoms with Crippen molar-refractivity contribution in [1.29, 1.82) is 0 Å². The average molecular weight is 230 g/mol. The van der Waals surface area contributed by atoms with E-state index in [2.05, 4.69) is 16.6 Å². The molecule has 0 aliphatic heterocycles. The first-order valence-corrected chi connectivity index (χ1v) is 6.10. The van der Waals surface area contributed by atoms with Gasteiger partial charge in [0.2, 0.25) is 0 Å². The number of rotatable bonds is 8. The van der Waals surface area contributed by atoms with Gasteiger partial charge in [0.15, 0.2) is 0 Å². The van der Waals surface area contributed by atoms with Gasteiger partial charge < -0.3 is 5.32 Å². The summed E-state index contributed by atoms with van der Waals surface area (Å²) in [5.74, 6) is 0.787. The van der Waals surface area contributed by atoms with E-state index in [4.69, 9.17) is 11.6 Å². The molecule has 0 aliphatic carbocycles. The zero-order valence-electron chi connectivity index (χ0n) is 9.38. The quantitative estimate of drug-likeness (QED) is 0.546. The predicted octanol–water partition coefficient (Wildman–Crippen LogP) is 1.96. The Labute approximate surface area is 96.8 Å². The molecule has 0 unspecified atom stereocenters. The number of hydrogen-bond donors (Lipinski definition) is 1. The first-order chi connectivity index (χ1) is 7.33. The van der Waals surface area contributed by atoms with E-state index in [1.165, 1.54) is 18.4 Å². The van der Waals surface area contributed by atoms with Crippen molar-refractivity contribution in [2.45, 2.75) is 25.7 Å². The molecular weight excluding hydrogens is 210 g/mol. The van der Waals surface area contributed by atoms with Gasteiger partial charge in [-0.1, -0.05) is 6.42 Å². The molecule has 0 bridgehead atoms. The topological polar surface area (TPSA) is 29.9 Å². The highest BCUT2D eigenvalue weighted by Gasteiger charge is 1.95. The first kappa shape index (κ1) is 12.5. The van der Waals surface area contributed by atoms with Crippen molar-refractivity contribution < 1.29 is 0 Å². The van der Waals surface area contributed by atoms with Crippen LogP contribution in [0.4, 0.5) is 0 Å². The summed E-state index contributed by atoms with van der Waals surface area (Å²) in [4.78, 5) is 0. The minimum Gasteiger partial charge on any atom is -0.316 e. The van der Waals surface area contributed by atoms with Crippen LogP contribution in [0.5, 0.6) is 0 Å². The number of aromatic nitrogens is 2. The molecule has 3 nitrogen and oxygen atoms in total. The maximum Gasteiger partial charge on any atom is 0.0522 e. The van der Waals surface area contributed by atoms with Crippen molar-refractivity contribution in [2.24, 2.45) is 7.05 Å². The van der Waals surface area contributed by atoms with Crippen LogP contribution in [0.1, 0.15) is 24.8 Å². The Hall–Kier alpha value is -0.540. The lowest BCUT2D eigenvalue weighted by Gasteiger charge is -2.02. The van der Waals surface area contributed by atoms with Crippen LogP contribution >= 0.6 is 11.6 Å². The van der Waals surface area contributed by atoms with E-state index >= 15 is 0 Å². The number of hydrogen-bond acceptors (Lipinski definition) is 2. The summed E-state index contributed by atoms with van der Waals surface area (Å²) >= 11 is 5.59. The molecule has 4 heteroatoms. The maximum atomic E-state index is 5.59. The van der Waals surface area contributed by atoms with Crippen LogP contribution in [0.2, 0.25) is 0 Å². The Bertz CT molecular complexity index is 260. The predicted molar refractivity (Wildman–Crippen MR) is 64.4 cm³/mol. The van der Waals surface area contributed by atoms with Crippen LogP contribution in [0.3, 0.4) is 0 Å². The largest absolute Gasteiger partial charge is 0.316 e. The molecule has 1 aromatic rings. The molecule has 0 aromatic carbocycles. The van der Waals surface area contributed by atoms with Crippen LogP contribution < -0.4 is 5.32 Å². The van der Waals surface area contributed by atoms with Crippen LogP contribution in [-0.2, 0) is 13.5 Å². The summed E-state index contributed by atoms with van der Waals surface area (Å²) in [5, 5.41) is 7.55. The SMILES string of the molecule is Cn1cc(CCNCCCCCCl)cn1. The zero-order chi connectivity index (χ0) is 10.9. The maximum absolute atomic E-state index is 5.59. The number of aryl methyl sites for hydroxylation is 1. The lowest BCUT2D eigenvalue weighted by Crippen LogP contribution is -2.18. The molecule has 15 heavy (non-hydrogen) atoms. The van der Waals surface area contributed by atoms with E-state index in [0.717, 1.165) is 31.8 Å². The minimum absolute atomic E-state index is 0.787. The second kappa shape index (κ2) is 7.71. The van der Waals surface area contributed by atoms with E-state index < -0.39 is 0 Å². The third kappa shape index (κ3) is 5.80. The Morgan fingerprint density at radius 2 is 2.20 bits per heavy atom. The second-order valence-corrected chi connectivity index (χ2v) is 4.15. The number of nitrogens with one attached hydrogen (secondary N) is 1. The molecule has 0 radical (unpaired) electrons. The van der Waals surface area contributed by atoms with Gasteiger partial charge in [0.25, 0.3) is 0 Å². The first-order valence-electron chi connectivity index (χ1n) is 5.57. The third-order valence-electron chi connectivity index (χ3n) is 2.34. The van der Waals surface area contributed by atoms with Gasteiger partial charge in [-0.2, -0.15) is 5.10 Å². The van der Waals surface area contributed by atoms with Crippen LogP contribution in [0, 0.1) is 0 Å². The van der Waals surface area contributed by atoms with Crippen molar-refractivity contribution in [3.05, 3.63) is 18.0 Å². The summed E-state index contributed by atoms with van der Waals surface area (Å²) in [7, 11) is 1.95. The highest BCUT2D eigenvalue weighted by atomic mass is 35.5. The van der Waals surface area contributed by atoms with Crippen LogP contribution in [-0.4, -0.2) is 28.8 Å². The van der Waals surface area contributed by atoms with Gasteiger partial charge in [0, 0.05) is 19.1 Å². The summed E-state index contributed by atoms with van der Waals surface area (Å²) in [6.07, 6.45) is 8.63. The monoisotopic (exact) mass is 229 g/mol. The van der Waals surface area contributed by atoms with E-state index in [-0.39, 0.29) is 0 Å². The standard InChI is InChI=1S/C11H20ClN3/c1-15-10-11(9-14-15)5-8-13-7-4-2-3-6-12/h9-10,13H,2-8H2,1H3. The van der Waals surface area contributed by atoms with Crippen molar-refractivity contribution >= 4 is 11.6 Å². The second-order valence-electron chi connectivity index (χ2n) is 3.77. The molecule has 0 amide bonds. The van der Waals surface area contributed by atoms with Gasteiger partial charge in [-0.15, -0.1) is 11.6 Å². The summed E-state index contributed by atoms with van der Waals surface area (Å²) in [5.41, 5.74) is 1.30. The molecule has 0 fully saturated rings.